The van der Waals surface area contributed by atoms with E-state index in [4.69, 9.17) is 0 Å². The summed E-state index contributed by atoms with van der Waals surface area (Å²) in [7, 11) is 0. The number of halogens is 8. The molecule has 1 unspecified atom stereocenters. The minimum atomic E-state index is -6.29. The normalized spacial score (nSPS) is 14.4. The molecule has 0 aromatic carbocycles. The molecule has 0 bridgehead atoms. The molecule has 0 saturated heterocycles. The number of alkyl halides is 8. The van der Waals surface area contributed by atoms with Crippen molar-refractivity contribution in [2.75, 3.05) is 0 Å². The zero-order valence-electron chi connectivity index (χ0n) is 9.18. The maximum Gasteiger partial charge on any atom is 1.00 e. The van der Waals surface area contributed by atoms with Crippen LogP contribution in [-0.4, -0.2) is 24.7 Å². The minimum absolute atomic E-state index is 0. The van der Waals surface area contributed by atoms with Gasteiger partial charge in [-0.2, -0.15) is 22.0 Å². The van der Waals surface area contributed by atoms with E-state index in [1.165, 1.54) is 0 Å². The van der Waals surface area contributed by atoms with Gasteiger partial charge in [-0.1, -0.05) is 0 Å². The van der Waals surface area contributed by atoms with Crippen LogP contribution in [0.25, 0.3) is 0 Å². The van der Waals surface area contributed by atoms with Crippen LogP contribution in [0.5, 0.6) is 0 Å². The van der Waals surface area contributed by atoms with E-state index in [1.54, 1.807) is 0 Å². The molecule has 0 aliphatic heterocycles. The van der Waals surface area contributed by atoms with Gasteiger partial charge >= 0.3 is 71.2 Å². The van der Waals surface area contributed by atoms with E-state index in [0.29, 0.717) is 0 Å². The largest absolute Gasteiger partial charge is 1.00 e. The summed E-state index contributed by atoms with van der Waals surface area (Å²) in [5.41, 5.74) is 0. The molecule has 0 rings (SSSR count). The zero-order valence-corrected chi connectivity index (χ0v) is 11.2. The van der Waals surface area contributed by atoms with Gasteiger partial charge in [0.25, 0.3) is 6.43 Å². The zero-order chi connectivity index (χ0) is 10.2. The maximum absolute atomic E-state index is 11.6. The van der Waals surface area contributed by atoms with Crippen LogP contribution in [0.2, 0.25) is 0 Å². The van der Waals surface area contributed by atoms with Crippen LogP contribution in [-0.2, 0) is 0 Å². The summed E-state index contributed by atoms with van der Waals surface area (Å²) in [4.78, 5) is 0. The average molecular weight is 250 g/mol. The molecule has 0 nitrogen and oxygen atoms in total. The Morgan fingerprint density at radius 1 is 0.786 bits per heavy atom. The van der Waals surface area contributed by atoms with Crippen molar-refractivity contribution in [3.63, 3.8) is 0 Å². The third-order valence-electron chi connectivity index (χ3n) is 0.946. The molecule has 0 aromatic rings. The summed E-state index contributed by atoms with van der Waals surface area (Å²) >= 11 is 0. The van der Waals surface area contributed by atoms with E-state index >= 15 is 0 Å². The van der Waals surface area contributed by atoms with E-state index in [9.17, 15) is 35.1 Å². The van der Waals surface area contributed by atoms with Gasteiger partial charge in [-0.05, 0) is 0 Å². The first kappa shape index (κ1) is 20.8. The smallest absolute Gasteiger partial charge is 1.00 e. The Balaban J connectivity index is -0.000000101. The summed E-state index contributed by atoms with van der Waals surface area (Å²) in [5, 5.41) is 0. The van der Waals surface area contributed by atoms with Gasteiger partial charge in [-0.25, -0.2) is 13.2 Å². The Morgan fingerprint density at radius 2 is 1.07 bits per heavy atom. The van der Waals surface area contributed by atoms with Crippen LogP contribution in [0.3, 0.4) is 0 Å². The van der Waals surface area contributed by atoms with Crippen LogP contribution < -0.4 is 59.1 Å². The van der Waals surface area contributed by atoms with Gasteiger partial charge in [-0.15, -0.1) is 0 Å². The predicted molar refractivity (Wildman–Crippen MR) is 24.1 cm³/mol. The third kappa shape index (κ3) is 4.98. The Labute approximate surface area is 121 Å². The van der Waals surface area contributed by atoms with Crippen molar-refractivity contribution in [1.82, 2.24) is 0 Å². The van der Waals surface area contributed by atoms with Gasteiger partial charge in [0.1, 0.15) is 0 Å². The summed E-state index contributed by atoms with van der Waals surface area (Å²) in [5.74, 6) is -6.00. The Kier molecular flexibility index (Phi) is 10.3. The molecule has 0 aliphatic rings. The van der Waals surface area contributed by atoms with Crippen molar-refractivity contribution in [2.24, 2.45) is 0 Å². The van der Waals surface area contributed by atoms with Crippen molar-refractivity contribution in [3.8, 4) is 0 Å². The molecular weight excluding hydrogens is 246 g/mol. The van der Waals surface area contributed by atoms with E-state index in [2.05, 4.69) is 0 Å². The van der Waals surface area contributed by atoms with Gasteiger partial charge in [0, 0.05) is 0 Å². The van der Waals surface area contributed by atoms with Crippen molar-refractivity contribution in [1.29, 1.82) is 0 Å². The molecule has 14 heavy (non-hydrogen) atoms. The first-order valence-electron chi connectivity index (χ1n) is 2.47. The van der Waals surface area contributed by atoms with Crippen molar-refractivity contribution < 1.29 is 97.1 Å². The SMILES string of the molecule is FC(F)C(F)C(F)(F)C(F)(F)F.[H-].[H-].[Na+].[Na+]. The topological polar surface area (TPSA) is 0 Å². The molecule has 0 amide bonds. The number of rotatable bonds is 2. The summed E-state index contributed by atoms with van der Waals surface area (Å²) in [6.07, 6.45) is -15.2. The Bertz CT molecular complexity index is 163. The molecule has 0 heterocycles. The molecule has 0 radical (unpaired) electrons. The van der Waals surface area contributed by atoms with Crippen LogP contribution in [0.4, 0.5) is 35.1 Å². The predicted octanol–water partition coefficient (Wildman–Crippen LogP) is -2.98. The standard InChI is InChI=1S/C4H2F8.2Na.2H/c5-1(2(6)7)3(8,9)4(10,11)12;;;;/h1-2H;;;;/q;2*+1;2*-1. The molecule has 0 N–H and O–H groups in total. The molecule has 0 fully saturated rings. The second-order valence-electron chi connectivity index (χ2n) is 1.86. The Hall–Kier alpha value is 1.44. The molecule has 0 saturated carbocycles. The monoisotopic (exact) mass is 250 g/mol. The van der Waals surface area contributed by atoms with Crippen LogP contribution in [0.1, 0.15) is 2.85 Å². The van der Waals surface area contributed by atoms with Gasteiger partial charge in [0.15, 0.2) is 0 Å². The van der Waals surface area contributed by atoms with Gasteiger partial charge in [-0.3, -0.25) is 0 Å². The van der Waals surface area contributed by atoms with Crippen molar-refractivity contribution in [2.45, 2.75) is 24.7 Å². The number of hydrogen-bond donors (Lipinski definition) is 0. The van der Waals surface area contributed by atoms with E-state index < -0.39 is 24.7 Å². The van der Waals surface area contributed by atoms with Crippen LogP contribution in [0.15, 0.2) is 0 Å². The maximum atomic E-state index is 11.6. The van der Waals surface area contributed by atoms with Crippen molar-refractivity contribution in [3.05, 3.63) is 0 Å². The van der Waals surface area contributed by atoms with E-state index in [0.717, 1.165) is 0 Å². The van der Waals surface area contributed by atoms with E-state index in [1.807, 2.05) is 0 Å². The summed E-state index contributed by atoms with van der Waals surface area (Å²) < 4.78 is 90.3. The fourth-order valence-corrected chi connectivity index (χ4v) is 0.315. The van der Waals surface area contributed by atoms with E-state index in [-0.39, 0.29) is 62.0 Å². The molecule has 1 atom stereocenters. The molecule has 78 valence electrons. The van der Waals surface area contributed by atoms with Gasteiger partial charge in [0.2, 0.25) is 6.17 Å². The summed E-state index contributed by atoms with van der Waals surface area (Å²) in [6.45, 7) is 0. The first-order valence-corrected chi connectivity index (χ1v) is 2.47. The first-order chi connectivity index (χ1) is 5.10. The second kappa shape index (κ2) is 6.90. The average Bonchev–Trinajstić information content (AvgIpc) is 1.83. The summed E-state index contributed by atoms with van der Waals surface area (Å²) in [6, 6.07) is 0. The molecule has 0 aromatic heterocycles. The van der Waals surface area contributed by atoms with Gasteiger partial charge < -0.3 is 2.85 Å². The third-order valence-corrected chi connectivity index (χ3v) is 0.946. The Morgan fingerprint density at radius 3 is 1.14 bits per heavy atom. The number of hydrogen-bond acceptors (Lipinski definition) is 0. The quantitative estimate of drug-likeness (QED) is 0.362. The minimum Gasteiger partial charge on any atom is -1.00 e. The van der Waals surface area contributed by atoms with Gasteiger partial charge in [0.05, 0.1) is 0 Å². The van der Waals surface area contributed by atoms with Crippen molar-refractivity contribution >= 4 is 0 Å². The van der Waals surface area contributed by atoms with Crippen LogP contribution >= 0.6 is 0 Å². The fraction of sp³-hybridized carbons (Fsp3) is 1.00. The van der Waals surface area contributed by atoms with Crippen LogP contribution in [0, 0.1) is 0 Å². The molecule has 0 aliphatic carbocycles. The molecule has 10 heteroatoms. The fourth-order valence-electron chi connectivity index (χ4n) is 0.315. The molecular formula is C4H4F8Na2. The second-order valence-corrected chi connectivity index (χ2v) is 1.86. The molecule has 0 spiro atoms.